The molecule has 0 amide bonds. The van der Waals surface area contributed by atoms with Crippen LogP contribution in [-0.4, -0.2) is 67.6 Å². The summed E-state index contributed by atoms with van der Waals surface area (Å²) in [6, 6.07) is 0.110. The standard InChI is InChI=1S/C11H17N3O6.ClH/c1-20-10-7(16)5(6(15)8(17)9(10)18)14-3-2-4(12)13-11(14)19;/h2-3,5-10,15-18H,1H3,(H2,12,13,19);1H/t5-,6-,7+,8+,9+,10+;/m1./s1. The summed E-state index contributed by atoms with van der Waals surface area (Å²) in [5.41, 5.74) is 4.58. The second-order valence-electron chi connectivity index (χ2n) is 4.70. The van der Waals surface area contributed by atoms with Crippen LogP contribution in [0.5, 0.6) is 0 Å². The SMILES string of the molecule is CO[C@H]1[C@@H](O)[C@H](n2ccc(N)nc2=O)[C@@H](O)[C@H](O)[C@@H]1O.Cl. The van der Waals surface area contributed by atoms with E-state index in [0.29, 0.717) is 0 Å². The van der Waals surface area contributed by atoms with Crippen molar-refractivity contribution in [2.45, 2.75) is 36.6 Å². The molecule has 6 N–H and O–H groups in total. The highest BCUT2D eigenvalue weighted by Crippen LogP contribution is 2.30. The van der Waals surface area contributed by atoms with E-state index < -0.39 is 42.3 Å². The highest BCUT2D eigenvalue weighted by atomic mass is 35.5. The van der Waals surface area contributed by atoms with Gasteiger partial charge in [0.2, 0.25) is 0 Å². The molecule has 0 radical (unpaired) electrons. The third-order valence-corrected chi connectivity index (χ3v) is 3.52. The number of aliphatic hydroxyl groups excluding tert-OH is 4. The third-order valence-electron chi connectivity index (χ3n) is 3.52. The molecular weight excluding hydrogens is 306 g/mol. The number of anilines is 1. The lowest BCUT2D eigenvalue weighted by atomic mass is 9.83. The Hall–Kier alpha value is -1.23. The van der Waals surface area contributed by atoms with Crippen molar-refractivity contribution in [3.63, 3.8) is 0 Å². The van der Waals surface area contributed by atoms with E-state index in [4.69, 9.17) is 10.5 Å². The van der Waals surface area contributed by atoms with E-state index in [-0.39, 0.29) is 18.2 Å². The van der Waals surface area contributed by atoms with Gasteiger partial charge in [0.05, 0.1) is 6.04 Å². The fraction of sp³-hybridized carbons (Fsp3) is 0.636. The minimum absolute atomic E-state index is 0. The van der Waals surface area contributed by atoms with Crippen molar-refractivity contribution >= 4 is 18.2 Å². The molecule has 1 aromatic rings. The van der Waals surface area contributed by atoms with Gasteiger partial charge in [0, 0.05) is 13.3 Å². The fourth-order valence-corrected chi connectivity index (χ4v) is 2.46. The molecule has 6 atom stereocenters. The van der Waals surface area contributed by atoms with Crippen LogP contribution in [-0.2, 0) is 4.74 Å². The zero-order chi connectivity index (χ0) is 15.0. The number of rotatable bonds is 2. The summed E-state index contributed by atoms with van der Waals surface area (Å²) in [5.74, 6) is -0.00471. The van der Waals surface area contributed by atoms with Crippen LogP contribution in [0.1, 0.15) is 6.04 Å². The maximum atomic E-state index is 11.8. The number of hydrogen-bond donors (Lipinski definition) is 5. The summed E-state index contributed by atoms with van der Waals surface area (Å²) in [5, 5.41) is 39.7. The van der Waals surface area contributed by atoms with Gasteiger partial charge in [-0.25, -0.2) is 4.79 Å². The van der Waals surface area contributed by atoms with Crippen LogP contribution < -0.4 is 11.4 Å². The number of nitrogen functional groups attached to an aromatic ring is 1. The molecule has 10 heteroatoms. The molecule has 0 aromatic carbocycles. The molecule has 21 heavy (non-hydrogen) atoms. The Kier molecular flexibility index (Phi) is 5.68. The summed E-state index contributed by atoms with van der Waals surface area (Å²) in [6.45, 7) is 0. The Labute approximate surface area is 126 Å². The minimum Gasteiger partial charge on any atom is -0.388 e. The molecule has 0 aliphatic heterocycles. The van der Waals surface area contributed by atoms with Crippen LogP contribution in [0.4, 0.5) is 5.82 Å². The Bertz CT molecular complexity index is 541. The van der Waals surface area contributed by atoms with Gasteiger partial charge in [-0.1, -0.05) is 0 Å². The molecule has 0 unspecified atom stereocenters. The Balaban J connectivity index is 0.00000220. The lowest BCUT2D eigenvalue weighted by molar-refractivity contribution is -0.207. The summed E-state index contributed by atoms with van der Waals surface area (Å²) >= 11 is 0. The number of hydrogen-bond acceptors (Lipinski definition) is 8. The predicted octanol–water partition coefficient (Wildman–Crippen LogP) is -2.74. The van der Waals surface area contributed by atoms with Gasteiger partial charge < -0.3 is 30.9 Å². The van der Waals surface area contributed by atoms with Gasteiger partial charge in [0.15, 0.2) is 0 Å². The van der Waals surface area contributed by atoms with Gasteiger partial charge in [-0.05, 0) is 6.07 Å². The van der Waals surface area contributed by atoms with Crippen molar-refractivity contribution in [1.29, 1.82) is 0 Å². The first-order chi connectivity index (χ1) is 9.38. The van der Waals surface area contributed by atoms with Crippen LogP contribution in [0.2, 0.25) is 0 Å². The van der Waals surface area contributed by atoms with Crippen molar-refractivity contribution in [2.24, 2.45) is 0 Å². The monoisotopic (exact) mass is 323 g/mol. The van der Waals surface area contributed by atoms with Gasteiger partial charge >= 0.3 is 5.69 Å². The number of aromatic nitrogens is 2. The minimum atomic E-state index is -1.57. The van der Waals surface area contributed by atoms with Crippen molar-refractivity contribution in [3.05, 3.63) is 22.7 Å². The first kappa shape index (κ1) is 17.8. The third kappa shape index (κ3) is 3.03. The number of ether oxygens (including phenoxy) is 1. The van der Waals surface area contributed by atoms with E-state index >= 15 is 0 Å². The average molecular weight is 324 g/mol. The fourth-order valence-electron chi connectivity index (χ4n) is 2.46. The van der Waals surface area contributed by atoms with Gasteiger partial charge in [0.25, 0.3) is 0 Å². The van der Waals surface area contributed by atoms with Gasteiger partial charge in [-0.15, -0.1) is 12.4 Å². The molecule has 0 spiro atoms. The van der Waals surface area contributed by atoms with Crippen molar-refractivity contribution in [3.8, 4) is 0 Å². The maximum absolute atomic E-state index is 11.8. The second-order valence-corrected chi connectivity index (χ2v) is 4.70. The second kappa shape index (κ2) is 6.69. The van der Waals surface area contributed by atoms with E-state index in [1.165, 1.54) is 19.4 Å². The Morgan fingerprint density at radius 1 is 1.19 bits per heavy atom. The molecule has 0 saturated heterocycles. The normalized spacial score (nSPS) is 36.0. The van der Waals surface area contributed by atoms with E-state index in [1.54, 1.807) is 0 Å². The summed E-state index contributed by atoms with van der Waals surface area (Å²) in [4.78, 5) is 15.3. The van der Waals surface area contributed by atoms with Crippen LogP contribution in [0.25, 0.3) is 0 Å². The molecule has 2 rings (SSSR count). The Morgan fingerprint density at radius 3 is 2.33 bits per heavy atom. The van der Waals surface area contributed by atoms with Crippen molar-refractivity contribution < 1.29 is 25.2 Å². The number of nitrogens with zero attached hydrogens (tertiary/aromatic N) is 2. The smallest absolute Gasteiger partial charge is 0.349 e. The highest BCUT2D eigenvalue weighted by Gasteiger charge is 2.50. The highest BCUT2D eigenvalue weighted by molar-refractivity contribution is 5.85. The first-order valence-corrected chi connectivity index (χ1v) is 5.98. The Morgan fingerprint density at radius 2 is 1.81 bits per heavy atom. The molecule has 1 saturated carbocycles. The summed E-state index contributed by atoms with van der Waals surface area (Å²) in [7, 11) is 1.24. The molecule has 9 nitrogen and oxygen atoms in total. The topological polar surface area (TPSA) is 151 Å². The van der Waals surface area contributed by atoms with Crippen LogP contribution >= 0.6 is 12.4 Å². The number of methoxy groups -OCH3 is 1. The van der Waals surface area contributed by atoms with Gasteiger partial charge in [-0.2, -0.15) is 4.98 Å². The predicted molar refractivity (Wildman–Crippen MR) is 74.0 cm³/mol. The molecular formula is C11H18ClN3O6. The van der Waals surface area contributed by atoms with Gasteiger partial charge in [-0.3, -0.25) is 4.57 Å². The molecule has 0 bridgehead atoms. The lowest BCUT2D eigenvalue weighted by Gasteiger charge is -2.43. The molecule has 1 fully saturated rings. The molecule has 1 aromatic heterocycles. The van der Waals surface area contributed by atoms with E-state index in [0.717, 1.165) is 4.57 Å². The zero-order valence-electron chi connectivity index (χ0n) is 11.1. The molecule has 1 heterocycles. The van der Waals surface area contributed by atoms with Gasteiger partial charge in [0.1, 0.15) is 36.3 Å². The quantitative estimate of drug-likeness (QED) is 0.393. The molecule has 120 valence electrons. The molecule has 1 aliphatic carbocycles. The number of halogens is 1. The van der Waals surface area contributed by atoms with E-state index in [2.05, 4.69) is 4.98 Å². The number of aliphatic hydroxyl groups is 4. The average Bonchev–Trinajstić information content (AvgIpc) is 2.39. The van der Waals surface area contributed by atoms with E-state index in [9.17, 15) is 25.2 Å². The summed E-state index contributed by atoms with van der Waals surface area (Å²) in [6.07, 6.45) is -5.91. The van der Waals surface area contributed by atoms with Crippen LogP contribution in [0.3, 0.4) is 0 Å². The largest absolute Gasteiger partial charge is 0.388 e. The zero-order valence-corrected chi connectivity index (χ0v) is 11.9. The molecule has 1 aliphatic rings. The van der Waals surface area contributed by atoms with Crippen molar-refractivity contribution in [1.82, 2.24) is 9.55 Å². The van der Waals surface area contributed by atoms with E-state index in [1.807, 2.05) is 0 Å². The maximum Gasteiger partial charge on any atom is 0.349 e. The lowest BCUT2D eigenvalue weighted by Crippen LogP contribution is -2.62. The van der Waals surface area contributed by atoms with Crippen molar-refractivity contribution in [2.75, 3.05) is 12.8 Å². The number of nitrogens with two attached hydrogens (primary N) is 1. The van der Waals surface area contributed by atoms with Crippen LogP contribution in [0.15, 0.2) is 17.1 Å². The summed E-state index contributed by atoms with van der Waals surface area (Å²) < 4.78 is 5.87. The first-order valence-electron chi connectivity index (χ1n) is 5.98. The van der Waals surface area contributed by atoms with Crippen LogP contribution in [0, 0.1) is 0 Å².